The lowest BCUT2D eigenvalue weighted by Crippen LogP contribution is -2.72. The van der Waals surface area contributed by atoms with Crippen LogP contribution in [0.3, 0.4) is 0 Å². The van der Waals surface area contributed by atoms with Crippen molar-refractivity contribution in [2.45, 2.75) is 217 Å². The molecule has 4 saturated heterocycles. The quantitative estimate of drug-likeness (QED) is 0.0563. The molecule has 468 valence electrons. The van der Waals surface area contributed by atoms with Gasteiger partial charge in [-0.1, -0.05) is 95.4 Å². The first-order valence-corrected chi connectivity index (χ1v) is 29.3. The summed E-state index contributed by atoms with van der Waals surface area (Å²) in [6, 6.07) is 6.29. The highest BCUT2D eigenvalue weighted by Gasteiger charge is 2.63. The number of hydrogen-bond acceptors (Lipinski definition) is 23. The molecule has 0 saturated carbocycles. The lowest BCUT2D eigenvalue weighted by Gasteiger charge is -2.52. The number of unbranched alkanes of at least 4 members (excludes halogenated alkanes) is 10. The Bertz CT molecular complexity index is 2790. The highest BCUT2D eigenvalue weighted by molar-refractivity contribution is 6.22. The van der Waals surface area contributed by atoms with Gasteiger partial charge in [-0.3, -0.25) is 62.5 Å². The van der Waals surface area contributed by atoms with Crippen molar-refractivity contribution in [3.05, 3.63) is 70.8 Å². The third-order valence-corrected chi connectivity index (χ3v) is 15.6. The fourth-order valence-electron chi connectivity index (χ4n) is 11.9. The normalized spacial score (nSPS) is 29.2. The van der Waals surface area contributed by atoms with Gasteiger partial charge in [0, 0.05) is 48.0 Å². The van der Waals surface area contributed by atoms with Gasteiger partial charge in [0.05, 0.1) is 28.9 Å². The van der Waals surface area contributed by atoms with Crippen molar-refractivity contribution in [3.8, 4) is 0 Å². The predicted octanol–water partition coefficient (Wildman–Crippen LogP) is 4.33. The largest absolute Gasteiger partial charge is 0.463 e. The monoisotopic (exact) mass is 1210 g/mol. The summed E-state index contributed by atoms with van der Waals surface area (Å²) in [5.41, 5.74) is -0.409. The van der Waals surface area contributed by atoms with Gasteiger partial charge in [0.15, 0.2) is 43.3 Å². The molecule has 26 nitrogen and oxygen atoms in total. The van der Waals surface area contributed by atoms with Gasteiger partial charge < -0.3 is 62.2 Å². The van der Waals surface area contributed by atoms with Crippen molar-refractivity contribution in [1.29, 1.82) is 0 Å². The van der Waals surface area contributed by atoms with Gasteiger partial charge in [-0.15, -0.1) is 0 Å². The lowest BCUT2D eigenvalue weighted by molar-refractivity contribution is -0.353. The Morgan fingerprint density at radius 1 is 0.477 bits per heavy atom. The summed E-state index contributed by atoms with van der Waals surface area (Å²) in [6.07, 6.45) is -8.59. The Labute approximate surface area is 496 Å². The fourth-order valence-corrected chi connectivity index (χ4v) is 11.9. The molecule has 15 atom stereocenters. The third kappa shape index (κ3) is 15.1. The lowest BCUT2D eigenvalue weighted by atomic mass is 9.92. The van der Waals surface area contributed by atoms with Crippen LogP contribution in [-0.2, 0) is 90.4 Å². The Kier molecular flexibility index (Phi) is 22.2. The van der Waals surface area contributed by atoms with Gasteiger partial charge in [-0.05, 0) is 30.7 Å². The number of carbonyl (C=O) groups is 11. The molecular formula is C60H75N3O23. The maximum atomic E-state index is 14.9. The van der Waals surface area contributed by atoms with E-state index in [2.05, 4.69) is 12.2 Å². The molecule has 0 radical (unpaired) electrons. The maximum Gasteiger partial charge on any atom is 0.303 e. The van der Waals surface area contributed by atoms with Crippen LogP contribution < -0.4 is 5.32 Å². The number of ether oxygens (including phenoxy) is 12. The van der Waals surface area contributed by atoms with Gasteiger partial charge in [-0.25, -0.2) is 0 Å². The number of nitrogens with zero attached hydrogens (tertiary/aromatic N) is 2. The van der Waals surface area contributed by atoms with Crippen LogP contribution in [0.1, 0.15) is 167 Å². The number of benzene rings is 2. The number of rotatable bonds is 27. The zero-order valence-corrected chi connectivity index (χ0v) is 49.2. The minimum absolute atomic E-state index is 0.0981. The van der Waals surface area contributed by atoms with Crippen LogP contribution in [0.25, 0.3) is 0 Å². The van der Waals surface area contributed by atoms with E-state index in [0.29, 0.717) is 16.2 Å². The minimum Gasteiger partial charge on any atom is -0.463 e. The minimum atomic E-state index is -2.14. The van der Waals surface area contributed by atoms with E-state index in [1.165, 1.54) is 80.6 Å². The molecule has 6 aliphatic heterocycles. The highest BCUT2D eigenvalue weighted by atomic mass is 16.8. The second kappa shape index (κ2) is 29.4. The second-order valence-corrected chi connectivity index (χ2v) is 22.0. The molecule has 2 bridgehead atoms. The molecule has 0 unspecified atom stereocenters. The summed E-state index contributed by atoms with van der Waals surface area (Å²) in [4.78, 5) is 152. The Morgan fingerprint density at radius 2 is 0.860 bits per heavy atom. The molecule has 86 heavy (non-hydrogen) atoms. The summed E-state index contributed by atoms with van der Waals surface area (Å²) < 4.78 is 73.7. The molecule has 2 aromatic carbocycles. The van der Waals surface area contributed by atoms with Crippen LogP contribution in [0.5, 0.6) is 0 Å². The average molecular weight is 1210 g/mol. The van der Waals surface area contributed by atoms with Gasteiger partial charge in [0.2, 0.25) is 5.91 Å². The number of hydrogen-bond donors (Lipinski definition) is 1. The molecule has 0 aromatic heterocycles. The van der Waals surface area contributed by atoms with E-state index in [4.69, 9.17) is 56.8 Å². The van der Waals surface area contributed by atoms with E-state index in [-0.39, 0.29) is 35.3 Å². The summed E-state index contributed by atoms with van der Waals surface area (Å²) in [5, 5.41) is 2.91. The fraction of sp³-hybridized carbons (Fsp3) is 0.617. The molecule has 4 fully saturated rings. The standard InChI is InChI=1S/C60H75N3O23/c1-8-9-10-11-12-13-14-15-16-17-18-27-44(70)61-45-51(79-34(5)67)48(43-30-77-58(45)82-43)85-59-47(63-56(73)39-25-21-22-26-40(39)57(63)74)53(81-36(7)69)50(42(84-59)29-76-32(3)65)86-60-46(62-54(71)37-23-19-20-24-38(37)55(62)72)52(80-35(6)68)49(78-33(4)66)41(83-60)28-75-31(2)64/h19-26,41-43,45-53,58-60H,8-18,27-30H2,1-7H3,(H,61,70)/t41-,42-,43-,45-,46-,47-,48-,49-,50-,51-,52-,53-,58-,59+,60+/m1/s1. The average Bonchev–Trinajstić information content (AvgIpc) is 1.49. The molecule has 6 aliphatic rings. The van der Waals surface area contributed by atoms with Crippen LogP contribution in [0.4, 0.5) is 0 Å². The molecule has 1 N–H and O–H groups in total. The van der Waals surface area contributed by atoms with Crippen molar-refractivity contribution >= 4 is 65.4 Å². The summed E-state index contributed by atoms with van der Waals surface area (Å²) in [6.45, 7) is 6.67. The SMILES string of the molecule is CCCCCCCCCCCCCC(=O)N[C@H]1[C@@H]2OC[C@@H](O2)[C@@H](O[C@@H]2O[C@H](COC(C)=O)[C@@H](O[C@@H]3O[C@H](COC(C)=O)[C@@H](OC(C)=O)[C@H](OC(C)=O)[C@H]3N3C(=O)c4ccccc4C3=O)[C@H](OC(C)=O)[C@H]2N2C(=O)c3ccccc3C2=O)[C@@H]1OC(C)=O. The van der Waals surface area contributed by atoms with E-state index in [1.807, 2.05) is 0 Å². The Balaban J connectivity index is 1.18. The van der Waals surface area contributed by atoms with E-state index in [1.54, 1.807) is 0 Å². The molecule has 0 aliphatic carbocycles. The van der Waals surface area contributed by atoms with Gasteiger partial charge in [0.1, 0.15) is 61.9 Å². The van der Waals surface area contributed by atoms with Crippen molar-refractivity contribution in [1.82, 2.24) is 15.1 Å². The van der Waals surface area contributed by atoms with Gasteiger partial charge in [0.25, 0.3) is 23.6 Å². The van der Waals surface area contributed by atoms with Gasteiger partial charge in [-0.2, -0.15) is 0 Å². The van der Waals surface area contributed by atoms with Crippen molar-refractivity contribution in [2.24, 2.45) is 0 Å². The number of esters is 6. The number of fused-ring (bicyclic) bond motifs is 4. The number of carbonyl (C=O) groups excluding carboxylic acids is 11. The van der Waals surface area contributed by atoms with Crippen LogP contribution in [0.15, 0.2) is 48.5 Å². The first-order valence-electron chi connectivity index (χ1n) is 29.3. The zero-order valence-electron chi connectivity index (χ0n) is 49.2. The smallest absolute Gasteiger partial charge is 0.303 e. The number of imide groups is 2. The molecule has 2 aromatic rings. The van der Waals surface area contributed by atoms with E-state index < -0.39 is 170 Å². The predicted molar refractivity (Wildman–Crippen MR) is 292 cm³/mol. The summed E-state index contributed by atoms with van der Waals surface area (Å²) >= 11 is 0. The van der Waals surface area contributed by atoms with E-state index in [9.17, 15) is 52.7 Å². The Hall–Kier alpha value is -7.23. The van der Waals surface area contributed by atoms with Crippen molar-refractivity contribution in [2.75, 3.05) is 19.8 Å². The van der Waals surface area contributed by atoms with Crippen LogP contribution >= 0.6 is 0 Å². The molecule has 0 spiro atoms. The van der Waals surface area contributed by atoms with E-state index in [0.717, 1.165) is 73.6 Å². The van der Waals surface area contributed by atoms with Crippen LogP contribution in [0.2, 0.25) is 0 Å². The van der Waals surface area contributed by atoms with Crippen molar-refractivity contribution in [3.63, 3.8) is 0 Å². The molecule has 26 heteroatoms. The summed E-state index contributed by atoms with van der Waals surface area (Å²) in [5.74, 6) is -9.85. The maximum absolute atomic E-state index is 14.9. The number of amides is 5. The van der Waals surface area contributed by atoms with Crippen LogP contribution in [0, 0.1) is 0 Å². The first kappa shape index (κ1) is 64.8. The van der Waals surface area contributed by atoms with Crippen LogP contribution in [-0.4, -0.2) is 187 Å². The zero-order chi connectivity index (χ0) is 61.9. The van der Waals surface area contributed by atoms with Crippen molar-refractivity contribution < 1.29 is 110 Å². The molecule has 6 heterocycles. The molecule has 5 amide bonds. The third-order valence-electron chi connectivity index (χ3n) is 15.6. The molecular weight excluding hydrogens is 1130 g/mol. The summed E-state index contributed by atoms with van der Waals surface area (Å²) in [7, 11) is 0. The topological polar surface area (TPSA) is 317 Å². The first-order chi connectivity index (χ1) is 41.2. The Morgan fingerprint density at radius 3 is 1.29 bits per heavy atom. The van der Waals surface area contributed by atoms with E-state index >= 15 is 0 Å². The second-order valence-electron chi connectivity index (χ2n) is 22.0. The number of nitrogens with one attached hydrogen (secondary N) is 1. The highest BCUT2D eigenvalue weighted by Crippen LogP contribution is 2.42. The van der Waals surface area contributed by atoms with Gasteiger partial charge >= 0.3 is 35.8 Å². The molecule has 8 rings (SSSR count).